The lowest BCUT2D eigenvalue weighted by Crippen LogP contribution is -2.30. The van der Waals surface area contributed by atoms with Crippen molar-refractivity contribution in [2.24, 2.45) is 0 Å². The van der Waals surface area contributed by atoms with Gasteiger partial charge in [0.1, 0.15) is 5.82 Å². The van der Waals surface area contributed by atoms with Crippen molar-refractivity contribution >= 4 is 17.3 Å². The number of carbonyl (C=O) groups is 1. The molecule has 0 heterocycles. The standard InChI is InChI=1S/C14H9F4N3O3/c15-10-5-2-6-11(21(23)24)12(10)13(22)20-19-9-4-1-3-8(7-9)14(16,17)18/h1-7,19H,(H,20,22). The molecule has 126 valence electrons. The van der Waals surface area contributed by atoms with Crippen LogP contribution in [0.4, 0.5) is 28.9 Å². The van der Waals surface area contributed by atoms with E-state index in [-0.39, 0.29) is 5.69 Å². The molecule has 1 amide bonds. The van der Waals surface area contributed by atoms with Crippen LogP contribution in [0, 0.1) is 15.9 Å². The molecule has 2 aromatic carbocycles. The lowest BCUT2D eigenvalue weighted by molar-refractivity contribution is -0.385. The quantitative estimate of drug-likeness (QED) is 0.505. The molecule has 0 aliphatic heterocycles. The summed E-state index contributed by atoms with van der Waals surface area (Å²) in [7, 11) is 0. The van der Waals surface area contributed by atoms with Gasteiger partial charge in [-0.15, -0.1) is 0 Å². The summed E-state index contributed by atoms with van der Waals surface area (Å²) in [4.78, 5) is 21.8. The molecule has 2 rings (SSSR count). The summed E-state index contributed by atoms with van der Waals surface area (Å²) >= 11 is 0. The van der Waals surface area contributed by atoms with Crippen LogP contribution in [0.3, 0.4) is 0 Å². The van der Waals surface area contributed by atoms with Crippen molar-refractivity contribution in [3.05, 3.63) is 69.5 Å². The van der Waals surface area contributed by atoms with Crippen LogP contribution in [0.2, 0.25) is 0 Å². The molecule has 0 spiro atoms. The van der Waals surface area contributed by atoms with Gasteiger partial charge in [-0.1, -0.05) is 12.1 Å². The van der Waals surface area contributed by atoms with Gasteiger partial charge in [-0.3, -0.25) is 25.8 Å². The highest BCUT2D eigenvalue weighted by Crippen LogP contribution is 2.30. The van der Waals surface area contributed by atoms with Gasteiger partial charge in [-0.2, -0.15) is 13.2 Å². The molecule has 0 saturated heterocycles. The molecule has 0 atom stereocenters. The molecule has 0 bridgehead atoms. The number of nitro benzene ring substituents is 1. The number of rotatable bonds is 4. The molecule has 0 fully saturated rings. The summed E-state index contributed by atoms with van der Waals surface area (Å²) in [5.74, 6) is -2.33. The molecule has 0 saturated carbocycles. The van der Waals surface area contributed by atoms with E-state index in [1.165, 1.54) is 6.07 Å². The molecular weight excluding hydrogens is 334 g/mol. The number of hydrazine groups is 1. The van der Waals surface area contributed by atoms with Gasteiger partial charge in [-0.05, 0) is 24.3 Å². The fourth-order valence-electron chi connectivity index (χ4n) is 1.85. The van der Waals surface area contributed by atoms with Gasteiger partial charge in [0.25, 0.3) is 11.6 Å². The Morgan fingerprint density at radius 1 is 1.12 bits per heavy atom. The second-order valence-electron chi connectivity index (χ2n) is 4.55. The van der Waals surface area contributed by atoms with Crippen molar-refractivity contribution in [3.63, 3.8) is 0 Å². The number of benzene rings is 2. The Hall–Kier alpha value is -3.17. The fraction of sp³-hybridized carbons (Fsp3) is 0.0714. The van der Waals surface area contributed by atoms with Gasteiger partial charge in [0.15, 0.2) is 5.56 Å². The number of hydrogen-bond donors (Lipinski definition) is 2. The average Bonchev–Trinajstić information content (AvgIpc) is 2.51. The number of nitrogens with zero attached hydrogens (tertiary/aromatic N) is 1. The first-order chi connectivity index (χ1) is 11.2. The van der Waals surface area contributed by atoms with Gasteiger partial charge >= 0.3 is 6.18 Å². The Balaban J connectivity index is 2.19. The van der Waals surface area contributed by atoms with Crippen LogP contribution in [0.1, 0.15) is 15.9 Å². The smallest absolute Gasteiger partial charge is 0.298 e. The zero-order chi connectivity index (χ0) is 17.9. The number of carbonyl (C=O) groups excluding carboxylic acids is 1. The minimum Gasteiger partial charge on any atom is -0.298 e. The van der Waals surface area contributed by atoms with E-state index in [1.807, 2.05) is 5.43 Å². The Kier molecular flexibility index (Phi) is 4.67. The summed E-state index contributed by atoms with van der Waals surface area (Å²) in [5.41, 5.74) is 1.41. The lowest BCUT2D eigenvalue weighted by atomic mass is 10.1. The molecular formula is C14H9F4N3O3. The van der Waals surface area contributed by atoms with Gasteiger partial charge in [0.2, 0.25) is 0 Å². The zero-order valence-corrected chi connectivity index (χ0v) is 11.7. The van der Waals surface area contributed by atoms with Crippen molar-refractivity contribution in [3.8, 4) is 0 Å². The Morgan fingerprint density at radius 2 is 1.79 bits per heavy atom. The highest BCUT2D eigenvalue weighted by Gasteiger charge is 2.30. The third-order valence-electron chi connectivity index (χ3n) is 2.93. The highest BCUT2D eigenvalue weighted by atomic mass is 19.4. The Morgan fingerprint density at radius 3 is 2.42 bits per heavy atom. The summed E-state index contributed by atoms with van der Waals surface area (Å²) < 4.78 is 51.4. The van der Waals surface area contributed by atoms with E-state index in [0.29, 0.717) is 0 Å². The van der Waals surface area contributed by atoms with Crippen molar-refractivity contribution in [1.82, 2.24) is 5.43 Å². The van der Waals surface area contributed by atoms with E-state index in [9.17, 15) is 32.5 Å². The third kappa shape index (κ3) is 3.77. The van der Waals surface area contributed by atoms with Gasteiger partial charge in [0.05, 0.1) is 16.2 Å². The number of nitrogens with one attached hydrogen (secondary N) is 2. The van der Waals surface area contributed by atoms with E-state index in [2.05, 4.69) is 5.43 Å². The van der Waals surface area contributed by atoms with Crippen LogP contribution < -0.4 is 10.9 Å². The molecule has 10 heteroatoms. The topological polar surface area (TPSA) is 84.3 Å². The van der Waals surface area contributed by atoms with E-state index in [0.717, 1.165) is 36.4 Å². The van der Waals surface area contributed by atoms with Gasteiger partial charge in [-0.25, -0.2) is 4.39 Å². The number of alkyl halides is 3. The Bertz CT molecular complexity index is 793. The van der Waals surface area contributed by atoms with E-state index in [1.54, 1.807) is 0 Å². The second kappa shape index (κ2) is 6.52. The number of nitro groups is 1. The molecule has 24 heavy (non-hydrogen) atoms. The van der Waals surface area contributed by atoms with Crippen molar-refractivity contribution in [1.29, 1.82) is 0 Å². The van der Waals surface area contributed by atoms with Crippen LogP contribution in [0.15, 0.2) is 42.5 Å². The minimum atomic E-state index is -4.58. The van der Waals surface area contributed by atoms with Crippen LogP contribution in [0.25, 0.3) is 0 Å². The largest absolute Gasteiger partial charge is 0.416 e. The fourth-order valence-corrected chi connectivity index (χ4v) is 1.85. The molecule has 6 nitrogen and oxygen atoms in total. The van der Waals surface area contributed by atoms with Crippen LogP contribution >= 0.6 is 0 Å². The van der Waals surface area contributed by atoms with E-state index < -0.39 is 39.6 Å². The first-order valence-corrected chi connectivity index (χ1v) is 6.36. The van der Waals surface area contributed by atoms with Crippen LogP contribution in [-0.4, -0.2) is 10.8 Å². The SMILES string of the molecule is O=C(NNc1cccc(C(F)(F)F)c1)c1c(F)cccc1[N+](=O)[O-]. The summed E-state index contributed by atoms with van der Waals surface area (Å²) in [6.07, 6.45) is -4.58. The van der Waals surface area contributed by atoms with Crippen molar-refractivity contribution in [2.75, 3.05) is 5.43 Å². The first kappa shape index (κ1) is 17.2. The lowest BCUT2D eigenvalue weighted by Gasteiger charge is -2.12. The normalized spacial score (nSPS) is 11.0. The predicted octanol–water partition coefficient (Wildman–Crippen LogP) is 3.51. The van der Waals surface area contributed by atoms with E-state index >= 15 is 0 Å². The minimum absolute atomic E-state index is 0.128. The highest BCUT2D eigenvalue weighted by molar-refractivity contribution is 5.98. The molecule has 0 radical (unpaired) electrons. The third-order valence-corrected chi connectivity index (χ3v) is 2.93. The number of halogens is 4. The summed E-state index contributed by atoms with van der Waals surface area (Å²) in [6.45, 7) is 0. The number of anilines is 1. The molecule has 0 aromatic heterocycles. The maximum absolute atomic E-state index is 13.7. The maximum atomic E-state index is 13.7. The van der Waals surface area contributed by atoms with Gasteiger partial charge < -0.3 is 0 Å². The zero-order valence-electron chi connectivity index (χ0n) is 11.7. The van der Waals surface area contributed by atoms with Gasteiger partial charge in [0, 0.05) is 6.07 Å². The number of amides is 1. The first-order valence-electron chi connectivity index (χ1n) is 6.36. The average molecular weight is 343 g/mol. The molecule has 0 aliphatic rings. The predicted molar refractivity (Wildman–Crippen MR) is 75.6 cm³/mol. The molecule has 0 unspecified atom stereocenters. The van der Waals surface area contributed by atoms with Crippen LogP contribution in [-0.2, 0) is 6.18 Å². The van der Waals surface area contributed by atoms with Crippen molar-refractivity contribution < 1.29 is 27.3 Å². The van der Waals surface area contributed by atoms with Crippen molar-refractivity contribution in [2.45, 2.75) is 6.18 Å². The monoisotopic (exact) mass is 343 g/mol. The Labute approximate surface area is 132 Å². The summed E-state index contributed by atoms with van der Waals surface area (Å²) in [6, 6.07) is 6.72. The molecule has 2 N–H and O–H groups in total. The molecule has 2 aromatic rings. The van der Waals surface area contributed by atoms with Crippen LogP contribution in [0.5, 0.6) is 0 Å². The molecule has 0 aliphatic carbocycles. The second-order valence-corrected chi connectivity index (χ2v) is 4.55. The summed E-state index contributed by atoms with van der Waals surface area (Å²) in [5, 5.41) is 10.8. The van der Waals surface area contributed by atoms with E-state index in [4.69, 9.17) is 0 Å². The number of hydrogen-bond acceptors (Lipinski definition) is 4. The maximum Gasteiger partial charge on any atom is 0.416 e.